The van der Waals surface area contributed by atoms with Crippen molar-refractivity contribution in [3.05, 3.63) is 0 Å². The van der Waals surface area contributed by atoms with Gasteiger partial charge in [0.25, 0.3) is 0 Å². The van der Waals surface area contributed by atoms with E-state index in [4.69, 9.17) is 5.11 Å². The van der Waals surface area contributed by atoms with Crippen molar-refractivity contribution in [2.24, 2.45) is 0 Å². The summed E-state index contributed by atoms with van der Waals surface area (Å²) >= 11 is 0. The van der Waals surface area contributed by atoms with Crippen molar-refractivity contribution in [2.45, 2.75) is 109 Å². The predicted molar refractivity (Wildman–Crippen MR) is 93.0 cm³/mol. The normalized spacial score (nSPS) is 14.0. The molecule has 3 heteroatoms. The monoisotopic (exact) mass is 314 g/mol. The summed E-state index contributed by atoms with van der Waals surface area (Å²) in [5, 5.41) is 18.5. The maximum Gasteiger partial charge on any atom is 0.166 e. The summed E-state index contributed by atoms with van der Waals surface area (Å²) in [6.45, 7) is 3.16. The Hall–Kier alpha value is -0.410. The number of aliphatic hydroxyl groups is 2. The van der Waals surface area contributed by atoms with Crippen LogP contribution in [0, 0.1) is 0 Å². The van der Waals surface area contributed by atoms with Crippen molar-refractivity contribution in [2.75, 3.05) is 6.61 Å². The Morgan fingerprint density at radius 2 is 1.14 bits per heavy atom. The van der Waals surface area contributed by atoms with Gasteiger partial charge in [0.15, 0.2) is 5.78 Å². The number of hydrogen-bond acceptors (Lipinski definition) is 3. The van der Waals surface area contributed by atoms with E-state index in [1.54, 1.807) is 0 Å². The van der Waals surface area contributed by atoms with Gasteiger partial charge in [-0.3, -0.25) is 4.79 Å². The first-order valence-electron chi connectivity index (χ1n) is 9.41. The topological polar surface area (TPSA) is 57.5 Å². The van der Waals surface area contributed by atoms with Crippen molar-refractivity contribution in [3.8, 4) is 0 Å². The SMILES string of the molecule is CCCCCCCCCCCCCCCC(=O)C(C)(O)CO. The molecule has 1 unspecified atom stereocenters. The maximum atomic E-state index is 11.6. The lowest BCUT2D eigenvalue weighted by atomic mass is 9.96. The van der Waals surface area contributed by atoms with E-state index in [-0.39, 0.29) is 5.78 Å². The van der Waals surface area contributed by atoms with E-state index in [1.165, 1.54) is 77.6 Å². The third kappa shape index (κ3) is 12.2. The molecule has 0 heterocycles. The van der Waals surface area contributed by atoms with Crippen LogP contribution in [0.3, 0.4) is 0 Å². The molecule has 0 radical (unpaired) electrons. The second-order valence-corrected chi connectivity index (χ2v) is 6.85. The van der Waals surface area contributed by atoms with Crippen LogP contribution in [0.4, 0.5) is 0 Å². The fourth-order valence-corrected chi connectivity index (χ4v) is 2.66. The molecule has 1 atom stereocenters. The fourth-order valence-electron chi connectivity index (χ4n) is 2.66. The Bertz CT molecular complexity index is 261. The predicted octanol–water partition coefficient (Wildman–Crippen LogP) is 4.78. The molecule has 0 aliphatic carbocycles. The van der Waals surface area contributed by atoms with Gasteiger partial charge in [-0.05, 0) is 13.3 Å². The van der Waals surface area contributed by atoms with Gasteiger partial charge in [-0.25, -0.2) is 0 Å². The van der Waals surface area contributed by atoms with Crippen LogP contribution in [0.5, 0.6) is 0 Å². The Balaban J connectivity index is 3.23. The zero-order valence-corrected chi connectivity index (χ0v) is 14.9. The van der Waals surface area contributed by atoms with Gasteiger partial charge in [0.1, 0.15) is 5.60 Å². The number of carbonyl (C=O) groups is 1. The van der Waals surface area contributed by atoms with E-state index < -0.39 is 12.2 Å². The molecular weight excluding hydrogens is 276 g/mol. The van der Waals surface area contributed by atoms with Crippen LogP contribution >= 0.6 is 0 Å². The largest absolute Gasteiger partial charge is 0.393 e. The number of aliphatic hydroxyl groups excluding tert-OH is 1. The molecule has 132 valence electrons. The Labute approximate surface area is 137 Å². The molecule has 3 nitrogen and oxygen atoms in total. The summed E-state index contributed by atoms with van der Waals surface area (Å²) in [4.78, 5) is 11.6. The van der Waals surface area contributed by atoms with E-state index in [0.29, 0.717) is 6.42 Å². The molecule has 0 aromatic rings. The van der Waals surface area contributed by atoms with Gasteiger partial charge < -0.3 is 10.2 Å². The average Bonchev–Trinajstić information content (AvgIpc) is 2.51. The summed E-state index contributed by atoms with van der Waals surface area (Å²) in [6.07, 6.45) is 17.0. The van der Waals surface area contributed by atoms with E-state index in [2.05, 4.69) is 6.92 Å². The molecule has 22 heavy (non-hydrogen) atoms. The van der Waals surface area contributed by atoms with Crippen molar-refractivity contribution in [1.29, 1.82) is 0 Å². The molecule has 2 N–H and O–H groups in total. The minimum absolute atomic E-state index is 0.238. The lowest BCUT2D eigenvalue weighted by Gasteiger charge is -2.18. The van der Waals surface area contributed by atoms with Crippen molar-refractivity contribution < 1.29 is 15.0 Å². The summed E-state index contributed by atoms with van der Waals surface area (Å²) in [5.41, 5.74) is -1.54. The van der Waals surface area contributed by atoms with Gasteiger partial charge in [0.05, 0.1) is 6.61 Å². The molecule has 0 saturated heterocycles. The summed E-state index contributed by atoms with van der Waals surface area (Å²) < 4.78 is 0. The second-order valence-electron chi connectivity index (χ2n) is 6.85. The zero-order chi connectivity index (χ0) is 16.7. The van der Waals surface area contributed by atoms with Gasteiger partial charge in [-0.1, -0.05) is 84.0 Å². The van der Waals surface area contributed by atoms with Gasteiger partial charge in [0, 0.05) is 6.42 Å². The summed E-state index contributed by atoms with van der Waals surface area (Å²) in [5.74, 6) is -0.238. The third-order valence-electron chi connectivity index (χ3n) is 4.42. The van der Waals surface area contributed by atoms with Crippen LogP contribution in [0.15, 0.2) is 0 Å². The lowest BCUT2D eigenvalue weighted by molar-refractivity contribution is -0.139. The molecule has 0 amide bonds. The number of rotatable bonds is 16. The number of Topliss-reactive ketones (excluding diaryl/α,β-unsaturated/α-hetero) is 1. The number of ketones is 1. The molecule has 0 aliphatic heterocycles. The molecule has 0 bridgehead atoms. The summed E-state index contributed by atoms with van der Waals surface area (Å²) in [6, 6.07) is 0. The van der Waals surface area contributed by atoms with Gasteiger partial charge in [0.2, 0.25) is 0 Å². The fraction of sp³-hybridized carbons (Fsp3) is 0.947. The molecule has 0 aromatic carbocycles. The van der Waals surface area contributed by atoms with Crippen LogP contribution in [-0.4, -0.2) is 28.2 Å². The van der Waals surface area contributed by atoms with Crippen LogP contribution in [0.1, 0.15) is 104 Å². The van der Waals surface area contributed by atoms with Gasteiger partial charge in [-0.15, -0.1) is 0 Å². The molecule has 0 rings (SSSR count). The van der Waals surface area contributed by atoms with Crippen LogP contribution in [0.25, 0.3) is 0 Å². The van der Waals surface area contributed by atoms with Crippen molar-refractivity contribution in [3.63, 3.8) is 0 Å². The molecular formula is C19H38O3. The third-order valence-corrected chi connectivity index (χ3v) is 4.42. The minimum Gasteiger partial charge on any atom is -0.393 e. The minimum atomic E-state index is -1.54. The van der Waals surface area contributed by atoms with Crippen molar-refractivity contribution in [1.82, 2.24) is 0 Å². The molecule has 0 fully saturated rings. The number of carbonyl (C=O) groups excluding carboxylic acids is 1. The Kier molecular flexibility index (Phi) is 13.9. The maximum absolute atomic E-state index is 11.6. The second kappa shape index (κ2) is 14.2. The quantitative estimate of drug-likeness (QED) is 0.403. The van der Waals surface area contributed by atoms with Crippen molar-refractivity contribution >= 4 is 5.78 Å². The number of hydrogen-bond donors (Lipinski definition) is 2. The molecule has 0 saturated carbocycles. The van der Waals surface area contributed by atoms with E-state index in [9.17, 15) is 9.90 Å². The first kappa shape index (κ1) is 21.6. The zero-order valence-electron chi connectivity index (χ0n) is 14.9. The lowest BCUT2D eigenvalue weighted by Crippen LogP contribution is -2.38. The Morgan fingerprint density at radius 3 is 1.50 bits per heavy atom. The van der Waals surface area contributed by atoms with Crippen LogP contribution < -0.4 is 0 Å². The van der Waals surface area contributed by atoms with E-state index >= 15 is 0 Å². The first-order valence-corrected chi connectivity index (χ1v) is 9.41. The smallest absolute Gasteiger partial charge is 0.166 e. The Morgan fingerprint density at radius 1 is 0.773 bits per heavy atom. The van der Waals surface area contributed by atoms with Crippen LogP contribution in [0.2, 0.25) is 0 Å². The van der Waals surface area contributed by atoms with E-state index in [0.717, 1.165) is 12.8 Å². The van der Waals surface area contributed by atoms with Gasteiger partial charge >= 0.3 is 0 Å². The molecule has 0 aliphatic rings. The molecule has 0 aromatic heterocycles. The highest BCUT2D eigenvalue weighted by molar-refractivity contribution is 5.86. The standard InChI is InChI=1S/C19H38O3/c1-3-4-5-6-7-8-9-10-11-12-13-14-15-16-18(21)19(2,22)17-20/h20,22H,3-17H2,1-2H3. The highest BCUT2D eigenvalue weighted by Gasteiger charge is 2.27. The number of unbranched alkanes of at least 4 members (excludes halogenated alkanes) is 12. The first-order chi connectivity index (χ1) is 10.5. The average molecular weight is 315 g/mol. The highest BCUT2D eigenvalue weighted by atomic mass is 16.3. The van der Waals surface area contributed by atoms with E-state index in [1.807, 2.05) is 0 Å². The van der Waals surface area contributed by atoms with Gasteiger partial charge in [-0.2, -0.15) is 0 Å². The highest BCUT2D eigenvalue weighted by Crippen LogP contribution is 2.14. The molecule has 0 spiro atoms. The van der Waals surface area contributed by atoms with Crippen LogP contribution in [-0.2, 0) is 4.79 Å². The summed E-state index contributed by atoms with van der Waals surface area (Å²) in [7, 11) is 0.